The molecule has 2 amide bonds. The Morgan fingerprint density at radius 3 is 2.58 bits per heavy atom. The van der Waals surface area contributed by atoms with Gasteiger partial charge in [0, 0.05) is 19.5 Å². The number of hydrogen-bond acceptors (Lipinski definition) is 3. The zero-order valence-electron chi connectivity index (χ0n) is 15.7. The topological polar surface area (TPSA) is 61.4 Å². The van der Waals surface area contributed by atoms with Crippen LogP contribution in [-0.2, 0) is 16.1 Å². The molecule has 3 rings (SSSR count). The molecule has 0 radical (unpaired) electrons. The molecule has 2 fully saturated rings. The number of nitrogens with one attached hydrogen (secondary N) is 2. The number of aryl methyl sites for hydroxylation is 1. The number of nitrogens with zero attached hydrogens (tertiary/aromatic N) is 1. The van der Waals surface area contributed by atoms with Gasteiger partial charge >= 0.3 is 0 Å². The number of benzene rings is 1. The van der Waals surface area contributed by atoms with E-state index in [9.17, 15) is 9.59 Å². The van der Waals surface area contributed by atoms with Gasteiger partial charge in [-0.1, -0.05) is 36.8 Å². The molecule has 0 bridgehead atoms. The first-order chi connectivity index (χ1) is 12.0. The predicted octanol–water partition coefficient (Wildman–Crippen LogP) is 2.41. The number of hydrogen-bond donors (Lipinski definition) is 2. The van der Waals surface area contributed by atoms with E-state index in [1.165, 1.54) is 5.56 Å². The third-order valence-corrected chi connectivity index (χ3v) is 5.60. The smallest absolute Gasteiger partial charge is 0.242 e. The van der Waals surface area contributed by atoms with Crippen molar-refractivity contribution in [2.24, 2.45) is 5.41 Å². The van der Waals surface area contributed by atoms with Gasteiger partial charge in [0.25, 0.3) is 0 Å². The fraction of sp³-hybridized carbons (Fsp3) is 0.600. The van der Waals surface area contributed by atoms with E-state index in [1.54, 1.807) is 4.90 Å². The third kappa shape index (κ3) is 4.98. The Morgan fingerprint density at radius 2 is 1.92 bits per heavy atom. The summed E-state index contributed by atoms with van der Waals surface area (Å²) in [5, 5.41) is 6.48. The summed E-state index contributed by atoms with van der Waals surface area (Å²) in [6.45, 7) is 7.50. The van der Waals surface area contributed by atoms with E-state index in [-0.39, 0.29) is 35.7 Å². The van der Waals surface area contributed by atoms with Gasteiger partial charge in [0.1, 0.15) is 6.04 Å². The van der Waals surface area contributed by atoms with E-state index in [1.807, 2.05) is 31.2 Å². The summed E-state index contributed by atoms with van der Waals surface area (Å²) in [7, 11) is 0. The summed E-state index contributed by atoms with van der Waals surface area (Å²) in [5.41, 5.74) is 2.43. The molecule has 1 aromatic rings. The average Bonchev–Trinajstić information content (AvgIpc) is 2.96. The molecule has 1 aromatic carbocycles. The Hall–Kier alpha value is -1.59. The van der Waals surface area contributed by atoms with Crippen molar-refractivity contribution in [1.29, 1.82) is 0 Å². The molecular formula is C20H30ClN3O2. The Morgan fingerprint density at radius 1 is 1.27 bits per heavy atom. The number of piperidine rings is 1. The van der Waals surface area contributed by atoms with Gasteiger partial charge in [-0.25, -0.2) is 0 Å². The number of likely N-dealkylation sites (tertiary alicyclic amines) is 1. The van der Waals surface area contributed by atoms with Crippen molar-refractivity contribution in [3.05, 3.63) is 35.4 Å². The molecule has 144 valence electrons. The normalized spacial score (nSPS) is 22.0. The van der Waals surface area contributed by atoms with Crippen molar-refractivity contribution in [2.45, 2.75) is 52.1 Å². The van der Waals surface area contributed by atoms with Gasteiger partial charge in [-0.15, -0.1) is 12.4 Å². The highest BCUT2D eigenvalue weighted by molar-refractivity contribution is 5.90. The second-order valence-corrected chi connectivity index (χ2v) is 7.84. The highest BCUT2D eigenvalue weighted by Gasteiger charge is 2.37. The van der Waals surface area contributed by atoms with Gasteiger partial charge in [-0.05, 0) is 50.3 Å². The van der Waals surface area contributed by atoms with Crippen LogP contribution in [0.3, 0.4) is 0 Å². The first-order valence-corrected chi connectivity index (χ1v) is 9.30. The summed E-state index contributed by atoms with van der Waals surface area (Å²) < 4.78 is 0. The third-order valence-electron chi connectivity index (χ3n) is 5.60. The molecule has 2 heterocycles. The summed E-state index contributed by atoms with van der Waals surface area (Å²) in [4.78, 5) is 26.7. The second-order valence-electron chi connectivity index (χ2n) is 7.84. The zero-order chi connectivity index (χ0) is 17.9. The molecule has 0 aromatic heterocycles. The van der Waals surface area contributed by atoms with E-state index in [4.69, 9.17) is 0 Å². The van der Waals surface area contributed by atoms with E-state index in [0.29, 0.717) is 25.9 Å². The number of carbonyl (C=O) groups is 2. The standard InChI is InChI=1S/C20H29N3O2.ClH/c1-15-3-5-16(6-4-15)13-23-17(7-8-18(23)24)19(25)22-14-20(2)9-11-21-12-10-20;/h3-6,17,21H,7-14H2,1-2H3,(H,22,25);1H. The molecule has 2 saturated heterocycles. The highest BCUT2D eigenvalue weighted by atomic mass is 35.5. The molecule has 0 aliphatic carbocycles. The summed E-state index contributed by atoms with van der Waals surface area (Å²) in [6, 6.07) is 7.82. The van der Waals surface area contributed by atoms with Crippen LogP contribution in [-0.4, -0.2) is 42.4 Å². The summed E-state index contributed by atoms with van der Waals surface area (Å²) in [5.74, 6) is 0.0755. The quantitative estimate of drug-likeness (QED) is 0.825. The Balaban J connectivity index is 0.00000243. The molecule has 2 aliphatic rings. The Kier molecular flexibility index (Phi) is 7.07. The lowest BCUT2D eigenvalue weighted by molar-refractivity contribution is -0.136. The van der Waals surface area contributed by atoms with Crippen molar-refractivity contribution < 1.29 is 9.59 Å². The van der Waals surface area contributed by atoms with Crippen LogP contribution in [0.4, 0.5) is 0 Å². The van der Waals surface area contributed by atoms with E-state index in [0.717, 1.165) is 31.5 Å². The van der Waals surface area contributed by atoms with Crippen LogP contribution in [0.15, 0.2) is 24.3 Å². The van der Waals surface area contributed by atoms with Crippen molar-refractivity contribution in [1.82, 2.24) is 15.5 Å². The maximum atomic E-state index is 12.7. The van der Waals surface area contributed by atoms with Crippen LogP contribution < -0.4 is 10.6 Å². The van der Waals surface area contributed by atoms with Gasteiger partial charge in [0.15, 0.2) is 0 Å². The fourth-order valence-electron chi connectivity index (χ4n) is 3.72. The van der Waals surface area contributed by atoms with Crippen molar-refractivity contribution in [3.63, 3.8) is 0 Å². The van der Waals surface area contributed by atoms with E-state index in [2.05, 4.69) is 17.6 Å². The largest absolute Gasteiger partial charge is 0.354 e. The molecule has 6 heteroatoms. The molecule has 26 heavy (non-hydrogen) atoms. The summed E-state index contributed by atoms with van der Waals surface area (Å²) in [6.07, 6.45) is 3.23. The lowest BCUT2D eigenvalue weighted by Gasteiger charge is -2.35. The average molecular weight is 380 g/mol. The first-order valence-electron chi connectivity index (χ1n) is 9.30. The number of halogens is 1. The molecular weight excluding hydrogens is 350 g/mol. The van der Waals surface area contributed by atoms with Crippen molar-refractivity contribution >= 4 is 24.2 Å². The maximum absolute atomic E-state index is 12.7. The van der Waals surface area contributed by atoms with Gasteiger partial charge in [0.2, 0.25) is 11.8 Å². The van der Waals surface area contributed by atoms with Gasteiger partial charge in [-0.2, -0.15) is 0 Å². The first kappa shape index (κ1) is 20.7. The lowest BCUT2D eigenvalue weighted by atomic mass is 9.81. The molecule has 1 atom stereocenters. The molecule has 1 unspecified atom stereocenters. The van der Waals surface area contributed by atoms with E-state index >= 15 is 0 Å². The zero-order valence-corrected chi connectivity index (χ0v) is 16.5. The van der Waals surface area contributed by atoms with Crippen LogP contribution in [0.25, 0.3) is 0 Å². The molecule has 0 saturated carbocycles. The number of carbonyl (C=O) groups excluding carboxylic acids is 2. The van der Waals surface area contributed by atoms with Gasteiger partial charge in [-0.3, -0.25) is 9.59 Å². The highest BCUT2D eigenvalue weighted by Crippen LogP contribution is 2.27. The van der Waals surface area contributed by atoms with Crippen LogP contribution in [0.1, 0.15) is 43.7 Å². The van der Waals surface area contributed by atoms with Crippen LogP contribution in [0, 0.1) is 12.3 Å². The van der Waals surface area contributed by atoms with Gasteiger partial charge < -0.3 is 15.5 Å². The number of rotatable bonds is 5. The molecule has 0 spiro atoms. The molecule has 2 N–H and O–H groups in total. The maximum Gasteiger partial charge on any atom is 0.242 e. The SMILES string of the molecule is Cc1ccc(CN2C(=O)CCC2C(=O)NCC2(C)CCNCC2)cc1.Cl. The van der Waals surface area contributed by atoms with Crippen molar-refractivity contribution in [3.8, 4) is 0 Å². The Labute approximate surface area is 162 Å². The minimum absolute atomic E-state index is 0. The monoisotopic (exact) mass is 379 g/mol. The predicted molar refractivity (Wildman–Crippen MR) is 105 cm³/mol. The summed E-state index contributed by atoms with van der Waals surface area (Å²) >= 11 is 0. The fourth-order valence-corrected chi connectivity index (χ4v) is 3.72. The Bertz CT molecular complexity index is 626. The minimum atomic E-state index is -0.334. The van der Waals surface area contributed by atoms with Crippen LogP contribution in [0.5, 0.6) is 0 Å². The van der Waals surface area contributed by atoms with Gasteiger partial charge in [0.05, 0.1) is 0 Å². The van der Waals surface area contributed by atoms with Crippen LogP contribution in [0.2, 0.25) is 0 Å². The molecule has 5 nitrogen and oxygen atoms in total. The van der Waals surface area contributed by atoms with Crippen molar-refractivity contribution in [2.75, 3.05) is 19.6 Å². The van der Waals surface area contributed by atoms with E-state index < -0.39 is 0 Å². The van der Waals surface area contributed by atoms with Crippen LogP contribution >= 0.6 is 12.4 Å². The lowest BCUT2D eigenvalue weighted by Crippen LogP contribution is -2.48. The molecule has 2 aliphatic heterocycles. The minimum Gasteiger partial charge on any atom is -0.354 e. The number of amides is 2. The second kappa shape index (κ2) is 8.87.